The molecule has 1 rings (SSSR count). The van der Waals surface area contributed by atoms with Gasteiger partial charge >= 0.3 is 0 Å². The Balaban J connectivity index is 2.51. The summed E-state index contributed by atoms with van der Waals surface area (Å²) in [6.45, 7) is 7.77. The largest absolute Gasteiger partial charge is 0.352 e. The Labute approximate surface area is 124 Å². The van der Waals surface area contributed by atoms with Crippen LogP contribution in [0.15, 0.2) is 12.1 Å². The van der Waals surface area contributed by atoms with Gasteiger partial charge in [-0.3, -0.25) is 9.59 Å². The monoisotopic (exact) mass is 293 g/mol. The molecule has 1 aromatic rings. The molecule has 7 heteroatoms. The predicted octanol–water partition coefficient (Wildman–Crippen LogP) is 0.710. The highest BCUT2D eigenvalue weighted by molar-refractivity contribution is 5.95. The molecule has 0 aliphatic carbocycles. The number of aromatic nitrogens is 1. The lowest BCUT2D eigenvalue weighted by Crippen LogP contribution is -2.42. The first-order valence-corrected chi connectivity index (χ1v) is 6.76. The van der Waals surface area contributed by atoms with E-state index in [0.717, 1.165) is 0 Å². The number of aryl methyl sites for hydroxylation is 1. The number of pyridine rings is 1. The molecule has 0 bridgehead atoms. The Kier molecular flexibility index (Phi) is 5.66. The van der Waals surface area contributed by atoms with Gasteiger partial charge < -0.3 is 16.1 Å². The molecule has 0 aliphatic rings. The molecule has 7 nitrogen and oxygen atoms in total. The van der Waals surface area contributed by atoms with Crippen molar-refractivity contribution in [3.05, 3.63) is 23.4 Å². The number of nitrogens with two attached hydrogens (primary N) is 1. The lowest BCUT2D eigenvalue weighted by Gasteiger charge is -2.20. The molecule has 116 valence electrons. The van der Waals surface area contributed by atoms with Crippen LogP contribution in [0.2, 0.25) is 0 Å². The summed E-state index contributed by atoms with van der Waals surface area (Å²) in [6.07, 6.45) is 0.231. The number of amides is 2. The zero-order chi connectivity index (χ0) is 16.0. The van der Waals surface area contributed by atoms with Gasteiger partial charge in [-0.15, -0.1) is 0 Å². The molecule has 5 N–H and O–H groups in total. The van der Waals surface area contributed by atoms with Gasteiger partial charge in [-0.1, -0.05) is 0 Å². The second-order valence-corrected chi connectivity index (χ2v) is 5.83. The van der Waals surface area contributed by atoms with Crippen LogP contribution in [0.4, 0.5) is 5.82 Å². The highest BCUT2D eigenvalue weighted by atomic mass is 16.2. The van der Waals surface area contributed by atoms with Gasteiger partial charge in [0.2, 0.25) is 5.91 Å². The van der Waals surface area contributed by atoms with E-state index in [9.17, 15) is 9.59 Å². The van der Waals surface area contributed by atoms with Crippen LogP contribution in [0.3, 0.4) is 0 Å². The van der Waals surface area contributed by atoms with Crippen molar-refractivity contribution in [1.82, 2.24) is 15.6 Å². The minimum absolute atomic E-state index is 0.0991. The first kappa shape index (κ1) is 16.9. The number of nitrogen functional groups attached to an aromatic ring is 1. The lowest BCUT2D eigenvalue weighted by atomic mass is 10.1. The Hall–Kier alpha value is -2.15. The van der Waals surface area contributed by atoms with E-state index in [2.05, 4.69) is 21.0 Å². The van der Waals surface area contributed by atoms with E-state index in [1.807, 2.05) is 20.8 Å². The smallest absolute Gasteiger partial charge is 0.251 e. The molecule has 0 unspecified atom stereocenters. The molecule has 0 fully saturated rings. The quantitative estimate of drug-likeness (QED) is 0.472. The second-order valence-electron chi connectivity index (χ2n) is 5.83. The summed E-state index contributed by atoms with van der Waals surface area (Å²) in [6, 6.07) is 3.21. The van der Waals surface area contributed by atoms with Crippen molar-refractivity contribution in [2.24, 2.45) is 5.84 Å². The maximum absolute atomic E-state index is 12.0. The van der Waals surface area contributed by atoms with E-state index in [0.29, 0.717) is 17.1 Å². The van der Waals surface area contributed by atoms with Crippen molar-refractivity contribution in [3.8, 4) is 0 Å². The molecule has 1 aromatic heterocycles. The van der Waals surface area contributed by atoms with Crippen molar-refractivity contribution in [1.29, 1.82) is 0 Å². The first-order chi connectivity index (χ1) is 9.71. The number of nitrogens with zero attached hydrogens (tertiary/aromatic N) is 1. The SMILES string of the molecule is Cc1cc(C(=O)NCCC(=O)NC(C)(C)C)cc(NN)n1. The van der Waals surface area contributed by atoms with E-state index < -0.39 is 0 Å². The molecule has 0 atom stereocenters. The number of nitrogens with one attached hydrogen (secondary N) is 3. The topological polar surface area (TPSA) is 109 Å². The Morgan fingerprint density at radius 1 is 1.29 bits per heavy atom. The van der Waals surface area contributed by atoms with Crippen molar-refractivity contribution in [2.75, 3.05) is 12.0 Å². The molecule has 0 aromatic carbocycles. The molecule has 2 amide bonds. The molecule has 21 heavy (non-hydrogen) atoms. The Morgan fingerprint density at radius 2 is 1.95 bits per heavy atom. The summed E-state index contributed by atoms with van der Waals surface area (Å²) in [5.41, 5.74) is 3.27. The van der Waals surface area contributed by atoms with Crippen molar-refractivity contribution < 1.29 is 9.59 Å². The summed E-state index contributed by atoms with van der Waals surface area (Å²) < 4.78 is 0. The van der Waals surface area contributed by atoms with Gasteiger partial charge in [0.05, 0.1) is 0 Å². The Morgan fingerprint density at radius 3 is 2.52 bits per heavy atom. The number of hydrogen-bond acceptors (Lipinski definition) is 5. The van der Waals surface area contributed by atoms with Crippen molar-refractivity contribution in [2.45, 2.75) is 39.7 Å². The third-order valence-electron chi connectivity index (χ3n) is 2.52. The predicted molar refractivity (Wildman–Crippen MR) is 81.6 cm³/mol. The molecule has 0 aliphatic heterocycles. The summed E-state index contributed by atoms with van der Waals surface area (Å²) in [5.74, 6) is 5.35. The molecule has 0 saturated carbocycles. The van der Waals surface area contributed by atoms with Crippen LogP contribution in [0, 0.1) is 6.92 Å². The highest BCUT2D eigenvalue weighted by Gasteiger charge is 2.14. The summed E-state index contributed by atoms with van der Waals surface area (Å²) in [7, 11) is 0. The van der Waals surface area contributed by atoms with Crippen LogP contribution >= 0.6 is 0 Å². The molecule has 0 saturated heterocycles. The molecular weight excluding hydrogens is 270 g/mol. The fraction of sp³-hybridized carbons (Fsp3) is 0.500. The number of rotatable bonds is 5. The van der Waals surface area contributed by atoms with Crippen LogP contribution in [0.1, 0.15) is 43.2 Å². The summed E-state index contributed by atoms with van der Waals surface area (Å²) >= 11 is 0. The van der Waals surface area contributed by atoms with Gasteiger partial charge in [0.1, 0.15) is 5.82 Å². The number of hydrazine groups is 1. The van der Waals surface area contributed by atoms with E-state index in [-0.39, 0.29) is 30.3 Å². The summed E-state index contributed by atoms with van der Waals surface area (Å²) in [4.78, 5) is 27.7. The number of carbonyl (C=O) groups is 2. The van der Waals surface area contributed by atoms with Gasteiger partial charge in [-0.25, -0.2) is 10.8 Å². The van der Waals surface area contributed by atoms with Crippen LogP contribution in [-0.2, 0) is 4.79 Å². The first-order valence-electron chi connectivity index (χ1n) is 6.76. The zero-order valence-electron chi connectivity index (χ0n) is 12.9. The van der Waals surface area contributed by atoms with Crippen molar-refractivity contribution >= 4 is 17.6 Å². The van der Waals surface area contributed by atoms with Crippen LogP contribution in [0.25, 0.3) is 0 Å². The second kappa shape index (κ2) is 7.03. The van der Waals surface area contributed by atoms with Gasteiger partial charge in [-0.2, -0.15) is 0 Å². The minimum Gasteiger partial charge on any atom is -0.352 e. The van der Waals surface area contributed by atoms with Gasteiger partial charge in [-0.05, 0) is 39.8 Å². The molecular formula is C14H23N5O2. The lowest BCUT2D eigenvalue weighted by molar-refractivity contribution is -0.122. The van der Waals surface area contributed by atoms with E-state index in [1.54, 1.807) is 19.1 Å². The number of hydrogen-bond donors (Lipinski definition) is 4. The molecule has 1 heterocycles. The normalized spacial score (nSPS) is 10.9. The van der Waals surface area contributed by atoms with Crippen LogP contribution in [0.5, 0.6) is 0 Å². The van der Waals surface area contributed by atoms with Crippen LogP contribution < -0.4 is 21.9 Å². The maximum atomic E-state index is 12.0. The molecule has 0 spiro atoms. The molecule has 0 radical (unpaired) electrons. The third-order valence-corrected chi connectivity index (χ3v) is 2.52. The zero-order valence-corrected chi connectivity index (χ0v) is 12.9. The van der Waals surface area contributed by atoms with Gasteiger partial charge in [0, 0.05) is 29.8 Å². The highest BCUT2D eigenvalue weighted by Crippen LogP contribution is 2.09. The average molecular weight is 293 g/mol. The van der Waals surface area contributed by atoms with Crippen molar-refractivity contribution in [3.63, 3.8) is 0 Å². The van der Waals surface area contributed by atoms with E-state index >= 15 is 0 Å². The summed E-state index contributed by atoms with van der Waals surface area (Å²) in [5, 5.41) is 5.53. The number of anilines is 1. The number of carbonyl (C=O) groups excluding carboxylic acids is 2. The standard InChI is InChI=1S/C14H23N5O2/c1-9-7-10(8-11(17-9)19-15)13(21)16-6-5-12(20)18-14(2,3)4/h7-8H,5-6,15H2,1-4H3,(H,16,21)(H,17,19)(H,18,20). The maximum Gasteiger partial charge on any atom is 0.251 e. The fourth-order valence-electron chi connectivity index (χ4n) is 1.75. The minimum atomic E-state index is -0.273. The van der Waals surface area contributed by atoms with E-state index in [4.69, 9.17) is 5.84 Å². The third kappa shape index (κ3) is 6.22. The van der Waals surface area contributed by atoms with Gasteiger partial charge in [0.25, 0.3) is 5.91 Å². The van der Waals surface area contributed by atoms with Gasteiger partial charge in [0.15, 0.2) is 0 Å². The fourth-order valence-corrected chi connectivity index (χ4v) is 1.75. The average Bonchev–Trinajstić information content (AvgIpc) is 2.35. The van der Waals surface area contributed by atoms with Crippen LogP contribution in [-0.4, -0.2) is 28.9 Å². The Bertz CT molecular complexity index is 523. The van der Waals surface area contributed by atoms with E-state index in [1.165, 1.54) is 0 Å².